The second-order valence-electron chi connectivity index (χ2n) is 6.01. The molecular formula is C18H34FN3O3. The Hall–Kier alpha value is -1.47. The molecule has 0 bridgehead atoms. The third kappa shape index (κ3) is 8.97. The molecule has 0 aliphatic carbocycles. The van der Waals surface area contributed by atoms with Gasteiger partial charge in [-0.25, -0.2) is 4.39 Å². The van der Waals surface area contributed by atoms with Crippen LogP contribution in [-0.4, -0.2) is 79.1 Å². The maximum Gasteiger partial charge on any atom is 0.308 e. The topological polar surface area (TPSA) is 72.9 Å². The molecule has 0 rings (SSSR count). The normalized spacial score (nSPS) is 14.4. The van der Waals surface area contributed by atoms with Gasteiger partial charge >= 0.3 is 5.97 Å². The Bertz CT molecular complexity index is 418. The van der Waals surface area contributed by atoms with E-state index in [2.05, 4.69) is 5.32 Å². The van der Waals surface area contributed by atoms with Crippen LogP contribution < -0.4 is 5.32 Å². The van der Waals surface area contributed by atoms with Gasteiger partial charge in [0.05, 0.1) is 12.0 Å². The predicted octanol–water partition coefficient (Wildman–Crippen LogP) is 1.77. The lowest BCUT2D eigenvalue weighted by atomic mass is 10.1. The van der Waals surface area contributed by atoms with Crippen molar-refractivity contribution in [1.82, 2.24) is 15.1 Å². The summed E-state index contributed by atoms with van der Waals surface area (Å²) in [6, 6.07) is -0.423. The third-order valence-electron chi connectivity index (χ3n) is 4.24. The van der Waals surface area contributed by atoms with E-state index in [1.807, 2.05) is 30.6 Å². The van der Waals surface area contributed by atoms with Crippen molar-refractivity contribution < 1.29 is 19.1 Å². The summed E-state index contributed by atoms with van der Waals surface area (Å²) >= 11 is 0. The number of rotatable bonds is 15. The minimum absolute atomic E-state index is 0.154. The fourth-order valence-electron chi connectivity index (χ4n) is 2.67. The number of nitrogens with one attached hydrogen (secondary N) is 1. The number of aliphatic carboxylic acids is 1. The second kappa shape index (κ2) is 13.8. The van der Waals surface area contributed by atoms with E-state index in [0.717, 1.165) is 19.4 Å². The van der Waals surface area contributed by atoms with Gasteiger partial charge in [0.15, 0.2) is 0 Å². The number of hydrogen-bond acceptors (Lipinski definition) is 5. The molecule has 0 fully saturated rings. The minimum Gasteiger partial charge on any atom is -0.481 e. The first kappa shape index (κ1) is 23.5. The van der Waals surface area contributed by atoms with Crippen LogP contribution in [0.15, 0.2) is 11.8 Å². The Morgan fingerprint density at radius 1 is 1.28 bits per heavy atom. The summed E-state index contributed by atoms with van der Waals surface area (Å²) in [5, 5.41) is 12.3. The number of carbonyl (C=O) groups excluding carboxylic acids is 1. The monoisotopic (exact) mass is 359 g/mol. The smallest absolute Gasteiger partial charge is 0.308 e. The van der Waals surface area contributed by atoms with Gasteiger partial charge in [-0.15, -0.1) is 0 Å². The molecule has 0 amide bonds. The summed E-state index contributed by atoms with van der Waals surface area (Å²) in [7, 11) is 0. The SMILES string of the molecule is CCNCCN(CC)C(/C=C(\CC=O)N(CC)CC(C)C(=O)O)CF. The number of nitrogens with zero attached hydrogens (tertiary/aromatic N) is 2. The van der Waals surface area contributed by atoms with Crippen LogP contribution in [0.1, 0.15) is 34.1 Å². The summed E-state index contributed by atoms with van der Waals surface area (Å²) in [5.74, 6) is -1.44. The molecule has 0 spiro atoms. The number of carboxylic acids is 1. The van der Waals surface area contributed by atoms with Crippen LogP contribution in [0.3, 0.4) is 0 Å². The van der Waals surface area contributed by atoms with Crippen molar-refractivity contribution >= 4 is 12.3 Å². The van der Waals surface area contributed by atoms with E-state index in [4.69, 9.17) is 5.11 Å². The number of carboxylic acid groups (broad SMARTS) is 1. The Morgan fingerprint density at radius 3 is 2.40 bits per heavy atom. The summed E-state index contributed by atoms with van der Waals surface area (Å²) in [6.07, 6.45) is 2.72. The van der Waals surface area contributed by atoms with Crippen LogP contribution in [0.4, 0.5) is 4.39 Å². The molecule has 0 aromatic heterocycles. The number of allylic oxidation sites excluding steroid dienone is 1. The largest absolute Gasteiger partial charge is 0.481 e. The number of alkyl halides is 1. The third-order valence-corrected chi connectivity index (χ3v) is 4.24. The number of aldehydes is 1. The molecule has 2 atom stereocenters. The average molecular weight is 359 g/mol. The molecule has 6 nitrogen and oxygen atoms in total. The summed E-state index contributed by atoms with van der Waals surface area (Å²) in [6.45, 7) is 10.9. The number of hydrogen-bond donors (Lipinski definition) is 2. The van der Waals surface area contributed by atoms with Crippen LogP contribution in [-0.2, 0) is 9.59 Å². The summed E-state index contributed by atoms with van der Waals surface area (Å²) < 4.78 is 13.7. The van der Waals surface area contributed by atoms with Crippen molar-refractivity contribution in [2.24, 2.45) is 5.92 Å². The molecule has 0 aliphatic heterocycles. The quantitative estimate of drug-likeness (QED) is 0.343. The van der Waals surface area contributed by atoms with E-state index in [1.54, 1.807) is 13.0 Å². The molecule has 2 unspecified atom stereocenters. The number of carbonyl (C=O) groups is 2. The van der Waals surface area contributed by atoms with Gasteiger partial charge in [-0.1, -0.05) is 20.8 Å². The molecule has 0 radical (unpaired) electrons. The molecule has 7 heteroatoms. The van der Waals surface area contributed by atoms with Crippen LogP contribution in [0.5, 0.6) is 0 Å². The lowest BCUT2D eigenvalue weighted by Crippen LogP contribution is -2.41. The highest BCUT2D eigenvalue weighted by Gasteiger charge is 2.20. The standard InChI is InChI=1S/C18H34FN3O3/c1-5-20-9-10-21(6-2)17(13-19)12-16(8-11-23)22(7-3)14-15(4)18(24)25/h11-12,15,17,20H,5-10,13-14H2,1-4H3,(H,24,25)/b16-12+. The van der Waals surface area contributed by atoms with E-state index in [0.29, 0.717) is 31.9 Å². The van der Waals surface area contributed by atoms with Gasteiger partial charge in [0.2, 0.25) is 0 Å². The first-order valence-electron chi connectivity index (χ1n) is 9.07. The summed E-state index contributed by atoms with van der Waals surface area (Å²) in [4.78, 5) is 26.1. The number of likely N-dealkylation sites (N-methyl/N-ethyl adjacent to an activating group) is 2. The van der Waals surface area contributed by atoms with Crippen molar-refractivity contribution in [1.29, 1.82) is 0 Å². The number of halogens is 1. The maximum atomic E-state index is 13.7. The van der Waals surface area contributed by atoms with E-state index in [9.17, 15) is 14.0 Å². The lowest BCUT2D eigenvalue weighted by molar-refractivity contribution is -0.141. The van der Waals surface area contributed by atoms with E-state index in [-0.39, 0.29) is 6.42 Å². The van der Waals surface area contributed by atoms with Gasteiger partial charge in [-0.3, -0.25) is 9.69 Å². The highest BCUT2D eigenvalue weighted by molar-refractivity contribution is 5.69. The van der Waals surface area contributed by atoms with Crippen molar-refractivity contribution in [3.63, 3.8) is 0 Å². The fourth-order valence-corrected chi connectivity index (χ4v) is 2.67. The molecule has 0 aromatic carbocycles. The molecule has 0 heterocycles. The molecule has 0 saturated carbocycles. The Balaban J connectivity index is 5.30. The minimum atomic E-state index is -0.883. The molecular weight excluding hydrogens is 325 g/mol. The zero-order valence-electron chi connectivity index (χ0n) is 16.0. The second-order valence-corrected chi connectivity index (χ2v) is 6.01. The fraction of sp³-hybridized carbons (Fsp3) is 0.778. The molecule has 0 aliphatic rings. The van der Waals surface area contributed by atoms with Crippen molar-refractivity contribution in [2.75, 3.05) is 45.9 Å². The zero-order chi connectivity index (χ0) is 19.2. The van der Waals surface area contributed by atoms with Crippen molar-refractivity contribution in [2.45, 2.75) is 40.2 Å². The average Bonchev–Trinajstić information content (AvgIpc) is 2.60. The van der Waals surface area contributed by atoms with Gasteiger partial charge in [0.25, 0.3) is 0 Å². The lowest BCUT2D eigenvalue weighted by Gasteiger charge is -2.31. The van der Waals surface area contributed by atoms with Gasteiger partial charge in [-0.2, -0.15) is 0 Å². The molecule has 146 valence electrons. The molecule has 2 N–H and O–H groups in total. The first-order valence-corrected chi connectivity index (χ1v) is 9.07. The molecule has 0 aromatic rings. The zero-order valence-corrected chi connectivity index (χ0v) is 16.0. The van der Waals surface area contributed by atoms with Gasteiger partial charge in [-0.05, 0) is 26.1 Å². The molecule has 25 heavy (non-hydrogen) atoms. The van der Waals surface area contributed by atoms with Gasteiger partial charge in [0.1, 0.15) is 13.0 Å². The van der Waals surface area contributed by atoms with Crippen LogP contribution in [0, 0.1) is 5.92 Å². The van der Waals surface area contributed by atoms with Gasteiger partial charge in [0, 0.05) is 38.3 Å². The summed E-state index contributed by atoms with van der Waals surface area (Å²) in [5.41, 5.74) is 0.690. The van der Waals surface area contributed by atoms with E-state index >= 15 is 0 Å². The Labute approximate surface area is 151 Å². The van der Waals surface area contributed by atoms with Crippen molar-refractivity contribution in [3.05, 3.63) is 11.8 Å². The highest BCUT2D eigenvalue weighted by Crippen LogP contribution is 2.15. The maximum absolute atomic E-state index is 13.7. The van der Waals surface area contributed by atoms with Crippen molar-refractivity contribution in [3.8, 4) is 0 Å². The first-order chi connectivity index (χ1) is 11.9. The highest BCUT2D eigenvalue weighted by atomic mass is 19.1. The van der Waals surface area contributed by atoms with E-state index < -0.39 is 24.6 Å². The Morgan fingerprint density at radius 2 is 1.96 bits per heavy atom. The van der Waals surface area contributed by atoms with Crippen LogP contribution >= 0.6 is 0 Å². The van der Waals surface area contributed by atoms with E-state index in [1.165, 1.54) is 0 Å². The van der Waals surface area contributed by atoms with Crippen LogP contribution in [0.2, 0.25) is 0 Å². The molecule has 0 saturated heterocycles. The van der Waals surface area contributed by atoms with Gasteiger partial charge < -0.3 is 20.1 Å². The predicted molar refractivity (Wildman–Crippen MR) is 98.4 cm³/mol. The Kier molecular flexibility index (Phi) is 13.0. The van der Waals surface area contributed by atoms with Crippen LogP contribution in [0.25, 0.3) is 0 Å².